The first-order valence-corrected chi connectivity index (χ1v) is 8.68. The number of unbranched alkanes of at least 4 members (excludes halogenated alkanes) is 4. The van der Waals surface area contributed by atoms with Gasteiger partial charge in [-0.1, -0.05) is 39.5 Å². The van der Waals surface area contributed by atoms with E-state index in [2.05, 4.69) is 29.8 Å². The lowest BCUT2D eigenvalue weighted by Gasteiger charge is -2.15. The number of rotatable bonds is 10. The van der Waals surface area contributed by atoms with Gasteiger partial charge in [0.05, 0.1) is 22.5 Å². The molecular formula is C18H27N3O2. The SMILES string of the molecule is CCCCCNc1cc2c(cc1NCCCCC)C(=O)NC2=O. The molecule has 2 amide bonds. The number of carbonyl (C=O) groups is 2. The zero-order chi connectivity index (χ0) is 16.7. The lowest BCUT2D eigenvalue weighted by Crippen LogP contribution is -2.19. The van der Waals surface area contributed by atoms with Gasteiger partial charge >= 0.3 is 0 Å². The zero-order valence-corrected chi connectivity index (χ0v) is 14.1. The van der Waals surface area contributed by atoms with Crippen molar-refractivity contribution in [3.8, 4) is 0 Å². The summed E-state index contributed by atoms with van der Waals surface area (Å²) in [5.74, 6) is -0.613. The first kappa shape index (κ1) is 17.3. The molecule has 0 fully saturated rings. The smallest absolute Gasteiger partial charge is 0.259 e. The van der Waals surface area contributed by atoms with Gasteiger partial charge in [-0.05, 0) is 25.0 Å². The second-order valence-electron chi connectivity index (χ2n) is 5.99. The van der Waals surface area contributed by atoms with Crippen molar-refractivity contribution < 1.29 is 9.59 Å². The normalized spacial score (nSPS) is 13.0. The topological polar surface area (TPSA) is 70.2 Å². The van der Waals surface area contributed by atoms with Crippen molar-refractivity contribution in [2.75, 3.05) is 23.7 Å². The fourth-order valence-corrected chi connectivity index (χ4v) is 2.70. The molecule has 1 aliphatic rings. The largest absolute Gasteiger partial charge is 0.383 e. The van der Waals surface area contributed by atoms with Gasteiger partial charge in [0.2, 0.25) is 0 Å². The molecule has 3 N–H and O–H groups in total. The molecule has 23 heavy (non-hydrogen) atoms. The molecule has 5 nitrogen and oxygen atoms in total. The summed E-state index contributed by atoms with van der Waals surface area (Å²) in [6.45, 7) is 6.08. The van der Waals surface area contributed by atoms with E-state index in [1.54, 1.807) is 12.1 Å². The number of amides is 2. The Hall–Kier alpha value is -2.04. The van der Waals surface area contributed by atoms with Gasteiger partial charge in [-0.15, -0.1) is 0 Å². The lowest BCUT2D eigenvalue weighted by atomic mass is 10.1. The average molecular weight is 317 g/mol. The van der Waals surface area contributed by atoms with Crippen molar-refractivity contribution >= 4 is 23.2 Å². The maximum absolute atomic E-state index is 11.8. The van der Waals surface area contributed by atoms with Crippen LogP contribution in [0.25, 0.3) is 0 Å². The summed E-state index contributed by atoms with van der Waals surface area (Å²) < 4.78 is 0. The second-order valence-corrected chi connectivity index (χ2v) is 5.99. The van der Waals surface area contributed by atoms with Crippen LogP contribution in [0.1, 0.15) is 73.1 Å². The van der Waals surface area contributed by atoms with Crippen molar-refractivity contribution in [3.63, 3.8) is 0 Å². The summed E-state index contributed by atoms with van der Waals surface area (Å²) >= 11 is 0. The summed E-state index contributed by atoms with van der Waals surface area (Å²) in [7, 11) is 0. The first-order valence-electron chi connectivity index (χ1n) is 8.68. The summed E-state index contributed by atoms with van der Waals surface area (Å²) in [6, 6.07) is 3.59. The monoisotopic (exact) mass is 317 g/mol. The van der Waals surface area contributed by atoms with Gasteiger partial charge in [-0.25, -0.2) is 0 Å². The van der Waals surface area contributed by atoms with Crippen molar-refractivity contribution in [2.24, 2.45) is 0 Å². The van der Waals surface area contributed by atoms with E-state index >= 15 is 0 Å². The highest BCUT2D eigenvalue weighted by molar-refractivity contribution is 6.22. The number of anilines is 2. The predicted molar refractivity (Wildman–Crippen MR) is 94.3 cm³/mol. The minimum absolute atomic E-state index is 0.306. The number of fused-ring (bicyclic) bond motifs is 1. The Morgan fingerprint density at radius 1 is 0.783 bits per heavy atom. The third-order valence-electron chi connectivity index (χ3n) is 4.07. The van der Waals surface area contributed by atoms with Crippen LogP contribution in [0.15, 0.2) is 12.1 Å². The van der Waals surface area contributed by atoms with Gasteiger partial charge in [0, 0.05) is 13.1 Å². The fraction of sp³-hybridized carbons (Fsp3) is 0.556. The maximum atomic E-state index is 11.8. The van der Waals surface area contributed by atoms with E-state index in [9.17, 15) is 9.59 Å². The molecule has 0 saturated heterocycles. The third kappa shape index (κ3) is 4.47. The van der Waals surface area contributed by atoms with E-state index in [1.807, 2.05) is 0 Å². The van der Waals surface area contributed by atoms with Gasteiger partial charge in [0.1, 0.15) is 0 Å². The Morgan fingerprint density at radius 2 is 1.22 bits per heavy atom. The van der Waals surface area contributed by atoms with Crippen LogP contribution >= 0.6 is 0 Å². The lowest BCUT2D eigenvalue weighted by molar-refractivity contribution is 0.0879. The number of imide groups is 1. The molecule has 1 aliphatic heterocycles. The summed E-state index contributed by atoms with van der Waals surface area (Å²) in [5.41, 5.74) is 2.74. The quantitative estimate of drug-likeness (QED) is 0.454. The first-order chi connectivity index (χ1) is 11.2. The number of hydrogen-bond donors (Lipinski definition) is 3. The van der Waals surface area contributed by atoms with E-state index < -0.39 is 0 Å². The highest BCUT2D eigenvalue weighted by Gasteiger charge is 2.28. The second kappa shape index (κ2) is 8.56. The van der Waals surface area contributed by atoms with E-state index in [0.717, 1.165) is 37.3 Å². The van der Waals surface area contributed by atoms with Crippen LogP contribution < -0.4 is 16.0 Å². The van der Waals surface area contributed by atoms with E-state index in [-0.39, 0.29) is 11.8 Å². The molecular weight excluding hydrogens is 290 g/mol. The molecule has 0 radical (unpaired) electrons. The Kier molecular flexibility index (Phi) is 6.44. The molecule has 1 aromatic rings. The molecule has 0 atom stereocenters. The van der Waals surface area contributed by atoms with Crippen molar-refractivity contribution in [2.45, 2.75) is 52.4 Å². The summed E-state index contributed by atoms with van der Waals surface area (Å²) in [6.07, 6.45) is 6.88. The molecule has 126 valence electrons. The van der Waals surface area contributed by atoms with Crippen LogP contribution in [0.5, 0.6) is 0 Å². The van der Waals surface area contributed by atoms with Gasteiger partial charge in [0.15, 0.2) is 0 Å². The number of benzene rings is 1. The Balaban J connectivity index is 2.13. The fourth-order valence-electron chi connectivity index (χ4n) is 2.70. The van der Waals surface area contributed by atoms with Crippen LogP contribution in [-0.4, -0.2) is 24.9 Å². The van der Waals surface area contributed by atoms with E-state index in [4.69, 9.17) is 0 Å². The number of carbonyl (C=O) groups excluding carboxylic acids is 2. The Bertz CT molecular complexity index is 521. The molecule has 0 spiro atoms. The van der Waals surface area contributed by atoms with Crippen molar-refractivity contribution in [1.29, 1.82) is 0 Å². The predicted octanol–water partition coefficient (Wildman–Crippen LogP) is 3.77. The summed E-state index contributed by atoms with van der Waals surface area (Å²) in [5, 5.41) is 9.16. The van der Waals surface area contributed by atoms with Crippen LogP contribution in [0.3, 0.4) is 0 Å². The molecule has 0 aromatic heterocycles. The number of nitrogens with one attached hydrogen (secondary N) is 3. The third-order valence-corrected chi connectivity index (χ3v) is 4.07. The molecule has 2 rings (SSSR count). The average Bonchev–Trinajstić information content (AvgIpc) is 2.82. The maximum Gasteiger partial charge on any atom is 0.259 e. The standard InChI is InChI=1S/C18H27N3O2/c1-3-5-7-9-19-15-11-13-14(18(23)21-17(13)22)12-16(15)20-10-8-6-4-2/h11-12,19-20H,3-10H2,1-2H3,(H,21,22,23). The molecule has 0 unspecified atom stereocenters. The molecule has 1 heterocycles. The zero-order valence-electron chi connectivity index (χ0n) is 14.1. The molecule has 0 bridgehead atoms. The van der Waals surface area contributed by atoms with Crippen LogP contribution in [0.2, 0.25) is 0 Å². The molecule has 1 aromatic carbocycles. The van der Waals surface area contributed by atoms with Gasteiger partial charge < -0.3 is 10.6 Å². The molecule has 0 aliphatic carbocycles. The minimum atomic E-state index is -0.306. The van der Waals surface area contributed by atoms with Crippen LogP contribution in [0.4, 0.5) is 11.4 Å². The van der Waals surface area contributed by atoms with Gasteiger partial charge in [-0.2, -0.15) is 0 Å². The summed E-state index contributed by atoms with van der Waals surface area (Å²) in [4.78, 5) is 23.7. The minimum Gasteiger partial charge on any atom is -0.383 e. The van der Waals surface area contributed by atoms with E-state index in [0.29, 0.717) is 11.1 Å². The van der Waals surface area contributed by atoms with E-state index in [1.165, 1.54) is 25.7 Å². The Morgan fingerprint density at radius 3 is 1.61 bits per heavy atom. The van der Waals surface area contributed by atoms with Crippen LogP contribution in [-0.2, 0) is 0 Å². The highest BCUT2D eigenvalue weighted by Crippen LogP contribution is 2.29. The van der Waals surface area contributed by atoms with Crippen molar-refractivity contribution in [3.05, 3.63) is 23.3 Å². The van der Waals surface area contributed by atoms with Gasteiger partial charge in [-0.3, -0.25) is 14.9 Å². The Labute approximate surface area is 138 Å². The van der Waals surface area contributed by atoms with Gasteiger partial charge in [0.25, 0.3) is 11.8 Å². The van der Waals surface area contributed by atoms with Crippen LogP contribution in [0, 0.1) is 0 Å². The molecule has 5 heteroatoms. The highest BCUT2D eigenvalue weighted by atomic mass is 16.2. The number of hydrogen-bond acceptors (Lipinski definition) is 4. The molecule has 0 saturated carbocycles. The van der Waals surface area contributed by atoms with Crippen molar-refractivity contribution in [1.82, 2.24) is 5.32 Å².